The number of aromatic amines is 2. The Bertz CT molecular complexity index is 817. The quantitative estimate of drug-likeness (QED) is 0.589. The third-order valence-corrected chi connectivity index (χ3v) is 3.23. The van der Waals surface area contributed by atoms with Crippen LogP contribution in [0, 0.1) is 6.92 Å². The van der Waals surface area contributed by atoms with E-state index in [0.717, 1.165) is 27.8 Å². The van der Waals surface area contributed by atoms with Crippen LogP contribution in [0.1, 0.15) is 11.1 Å². The monoisotopic (exact) mass is 269 g/mol. The van der Waals surface area contributed by atoms with Gasteiger partial charge in [-0.2, -0.15) is 0 Å². The molecule has 5 heteroatoms. The molecule has 0 atom stereocenters. The highest BCUT2D eigenvalue weighted by molar-refractivity contribution is 5.78. The van der Waals surface area contributed by atoms with Gasteiger partial charge in [-0.1, -0.05) is 17.7 Å². The molecular weight excluding hydrogens is 254 g/mol. The topological polar surface area (TPSA) is 80.9 Å². The molecule has 5 nitrogen and oxygen atoms in total. The Morgan fingerprint density at radius 3 is 2.75 bits per heavy atom. The minimum absolute atomic E-state index is 0.214. The van der Waals surface area contributed by atoms with Crippen molar-refractivity contribution in [3.63, 3.8) is 0 Å². The lowest BCUT2D eigenvalue weighted by molar-refractivity contribution is 0.469. The van der Waals surface area contributed by atoms with E-state index >= 15 is 0 Å². The van der Waals surface area contributed by atoms with Crippen molar-refractivity contribution in [2.75, 3.05) is 5.32 Å². The highest BCUT2D eigenvalue weighted by Gasteiger charge is 2.03. The van der Waals surface area contributed by atoms with Gasteiger partial charge in [0.1, 0.15) is 5.75 Å². The van der Waals surface area contributed by atoms with Crippen molar-refractivity contribution in [2.24, 2.45) is 0 Å². The van der Waals surface area contributed by atoms with Gasteiger partial charge < -0.3 is 20.4 Å². The molecule has 0 aliphatic carbocycles. The number of benzene rings is 2. The predicted octanol–water partition coefficient (Wildman–Crippen LogP) is 2.48. The van der Waals surface area contributed by atoms with Gasteiger partial charge in [0.25, 0.3) is 0 Å². The Morgan fingerprint density at radius 1 is 1.10 bits per heavy atom. The van der Waals surface area contributed by atoms with Crippen LogP contribution in [0.25, 0.3) is 11.0 Å². The molecule has 1 aromatic heterocycles. The molecule has 0 amide bonds. The number of nitrogens with one attached hydrogen (secondary N) is 3. The van der Waals surface area contributed by atoms with Crippen LogP contribution in [-0.4, -0.2) is 15.1 Å². The number of phenolic OH excluding ortho intramolecular Hbond substituents is 1. The van der Waals surface area contributed by atoms with Crippen molar-refractivity contribution in [1.82, 2.24) is 9.97 Å². The van der Waals surface area contributed by atoms with Crippen molar-refractivity contribution in [3.8, 4) is 5.75 Å². The van der Waals surface area contributed by atoms with Gasteiger partial charge in [-0.05, 0) is 31.2 Å². The molecule has 0 fully saturated rings. The molecule has 0 aliphatic heterocycles. The van der Waals surface area contributed by atoms with E-state index < -0.39 is 0 Å². The van der Waals surface area contributed by atoms with Crippen molar-refractivity contribution >= 4 is 16.7 Å². The molecular formula is C15H15N3O2. The van der Waals surface area contributed by atoms with Gasteiger partial charge >= 0.3 is 5.69 Å². The van der Waals surface area contributed by atoms with Crippen molar-refractivity contribution < 1.29 is 5.11 Å². The first-order valence-corrected chi connectivity index (χ1v) is 6.36. The van der Waals surface area contributed by atoms with Crippen LogP contribution < -0.4 is 11.0 Å². The molecule has 20 heavy (non-hydrogen) atoms. The Kier molecular flexibility index (Phi) is 2.95. The van der Waals surface area contributed by atoms with E-state index in [1.807, 2.05) is 37.3 Å². The standard InChI is InChI=1S/C15H15N3O2/c1-9-2-5-14(19)10(6-9)8-16-11-3-4-12-13(7-11)18-15(20)17-12/h2-7,16,19H,8H2,1H3,(H2,17,18,20). The molecule has 0 radical (unpaired) electrons. The number of imidazole rings is 1. The second-order valence-corrected chi connectivity index (χ2v) is 4.83. The smallest absolute Gasteiger partial charge is 0.323 e. The van der Waals surface area contributed by atoms with Crippen LogP contribution in [0.3, 0.4) is 0 Å². The number of aryl methyl sites for hydroxylation is 1. The number of anilines is 1. The molecule has 3 rings (SSSR count). The van der Waals surface area contributed by atoms with Crippen molar-refractivity contribution in [2.45, 2.75) is 13.5 Å². The zero-order valence-corrected chi connectivity index (χ0v) is 11.0. The molecule has 3 aromatic rings. The molecule has 0 unspecified atom stereocenters. The summed E-state index contributed by atoms with van der Waals surface area (Å²) in [5.41, 5.74) is 4.15. The summed E-state index contributed by atoms with van der Waals surface area (Å²) in [6.45, 7) is 2.51. The van der Waals surface area contributed by atoms with E-state index in [4.69, 9.17) is 0 Å². The average Bonchev–Trinajstić information content (AvgIpc) is 2.79. The Labute approximate surface area is 115 Å². The van der Waals surface area contributed by atoms with Gasteiger partial charge in [0, 0.05) is 17.8 Å². The minimum atomic E-state index is -0.214. The van der Waals surface area contributed by atoms with Crippen LogP contribution >= 0.6 is 0 Å². The maximum atomic E-state index is 11.2. The van der Waals surface area contributed by atoms with E-state index in [2.05, 4.69) is 15.3 Å². The third-order valence-electron chi connectivity index (χ3n) is 3.23. The van der Waals surface area contributed by atoms with Gasteiger partial charge in [-0.25, -0.2) is 4.79 Å². The SMILES string of the molecule is Cc1ccc(O)c(CNc2ccc3[nH]c(=O)[nH]c3c2)c1. The van der Waals surface area contributed by atoms with Crippen LogP contribution in [0.5, 0.6) is 5.75 Å². The Morgan fingerprint density at radius 2 is 1.90 bits per heavy atom. The zero-order valence-electron chi connectivity index (χ0n) is 11.0. The molecule has 0 saturated carbocycles. The lowest BCUT2D eigenvalue weighted by atomic mass is 10.1. The molecule has 0 bridgehead atoms. The first kappa shape index (κ1) is 12.3. The van der Waals surface area contributed by atoms with Crippen molar-refractivity contribution in [3.05, 3.63) is 58.0 Å². The Hall–Kier alpha value is -2.69. The summed E-state index contributed by atoms with van der Waals surface area (Å²) in [6.07, 6.45) is 0. The summed E-state index contributed by atoms with van der Waals surface area (Å²) in [5, 5.41) is 13.0. The highest BCUT2D eigenvalue weighted by atomic mass is 16.3. The van der Waals surface area contributed by atoms with Gasteiger partial charge in [-0.3, -0.25) is 0 Å². The fourth-order valence-corrected chi connectivity index (χ4v) is 2.20. The lowest BCUT2D eigenvalue weighted by Crippen LogP contribution is -2.00. The zero-order chi connectivity index (χ0) is 14.1. The molecule has 0 saturated heterocycles. The van der Waals surface area contributed by atoms with Gasteiger partial charge in [0.2, 0.25) is 0 Å². The van der Waals surface area contributed by atoms with E-state index in [0.29, 0.717) is 6.54 Å². The van der Waals surface area contributed by atoms with Crippen LogP contribution in [0.15, 0.2) is 41.2 Å². The first-order chi connectivity index (χ1) is 9.61. The number of fused-ring (bicyclic) bond motifs is 1. The number of hydrogen-bond donors (Lipinski definition) is 4. The van der Waals surface area contributed by atoms with Crippen molar-refractivity contribution in [1.29, 1.82) is 0 Å². The molecule has 2 aromatic carbocycles. The molecule has 0 spiro atoms. The summed E-state index contributed by atoms with van der Waals surface area (Å²) in [4.78, 5) is 16.6. The predicted molar refractivity (Wildman–Crippen MR) is 79.1 cm³/mol. The summed E-state index contributed by atoms with van der Waals surface area (Å²) in [6, 6.07) is 11.1. The second kappa shape index (κ2) is 4.77. The molecule has 0 aliphatic rings. The summed E-state index contributed by atoms with van der Waals surface area (Å²) in [5.74, 6) is 0.277. The minimum Gasteiger partial charge on any atom is -0.508 e. The number of phenols is 1. The first-order valence-electron chi connectivity index (χ1n) is 6.36. The van der Waals surface area contributed by atoms with E-state index in [1.165, 1.54) is 0 Å². The Balaban J connectivity index is 1.82. The number of rotatable bonds is 3. The van der Waals surface area contributed by atoms with E-state index in [1.54, 1.807) is 6.07 Å². The fraction of sp³-hybridized carbons (Fsp3) is 0.133. The van der Waals surface area contributed by atoms with Gasteiger partial charge in [0.15, 0.2) is 0 Å². The maximum absolute atomic E-state index is 11.2. The summed E-state index contributed by atoms with van der Waals surface area (Å²) in [7, 11) is 0. The summed E-state index contributed by atoms with van der Waals surface area (Å²) >= 11 is 0. The number of hydrogen-bond acceptors (Lipinski definition) is 3. The van der Waals surface area contributed by atoms with Gasteiger partial charge in [0.05, 0.1) is 11.0 Å². The lowest BCUT2D eigenvalue weighted by Gasteiger charge is -2.09. The van der Waals surface area contributed by atoms with E-state index in [-0.39, 0.29) is 11.4 Å². The van der Waals surface area contributed by atoms with E-state index in [9.17, 15) is 9.90 Å². The average molecular weight is 269 g/mol. The van der Waals surface area contributed by atoms with Crippen LogP contribution in [-0.2, 0) is 6.54 Å². The number of aromatic nitrogens is 2. The molecule has 102 valence electrons. The third kappa shape index (κ3) is 2.38. The van der Waals surface area contributed by atoms with Gasteiger partial charge in [-0.15, -0.1) is 0 Å². The maximum Gasteiger partial charge on any atom is 0.323 e. The highest BCUT2D eigenvalue weighted by Crippen LogP contribution is 2.21. The summed E-state index contributed by atoms with van der Waals surface area (Å²) < 4.78 is 0. The fourth-order valence-electron chi connectivity index (χ4n) is 2.20. The molecule has 4 N–H and O–H groups in total. The number of H-pyrrole nitrogens is 2. The van der Waals surface area contributed by atoms with Crippen LogP contribution in [0.2, 0.25) is 0 Å². The largest absolute Gasteiger partial charge is 0.508 e. The normalized spacial score (nSPS) is 10.8. The number of aromatic hydroxyl groups is 1. The van der Waals surface area contributed by atoms with Crippen LogP contribution in [0.4, 0.5) is 5.69 Å². The second-order valence-electron chi connectivity index (χ2n) is 4.83. The molecule has 1 heterocycles.